The summed E-state index contributed by atoms with van der Waals surface area (Å²) in [5, 5.41) is 0. The Morgan fingerprint density at radius 3 is 1.40 bits per heavy atom. The van der Waals surface area contributed by atoms with E-state index in [9.17, 15) is 14.2 Å². The molecule has 0 aliphatic heterocycles. The van der Waals surface area contributed by atoms with E-state index in [1.807, 2.05) is 6.08 Å². The molecule has 0 amide bonds. The Morgan fingerprint density at radius 1 is 0.520 bits per heavy atom. The van der Waals surface area contributed by atoms with Crippen molar-refractivity contribution in [1.82, 2.24) is 0 Å². The van der Waals surface area contributed by atoms with Gasteiger partial charge >= 0.3 is 19.8 Å². The molecule has 292 valence electrons. The minimum atomic E-state index is -4.76. The SMILES string of the molecule is CCCCCCCC/C=C/CCCCCCCC(=O)OC[C@H](COP(=O)(O)O)OC(=O)CCC/C=C/C/C=C/CCCCCCCCCCC. The number of allylic oxidation sites excluding steroid dienone is 6. The van der Waals surface area contributed by atoms with Gasteiger partial charge in [0, 0.05) is 12.8 Å². The number of unbranched alkanes of at least 4 members (excludes halogenated alkanes) is 21. The summed E-state index contributed by atoms with van der Waals surface area (Å²) >= 11 is 0. The molecule has 2 N–H and O–H groups in total. The van der Waals surface area contributed by atoms with Crippen LogP contribution in [0.4, 0.5) is 0 Å². The van der Waals surface area contributed by atoms with Gasteiger partial charge < -0.3 is 19.3 Å². The molecule has 0 aromatic rings. The fourth-order valence-electron chi connectivity index (χ4n) is 5.58. The van der Waals surface area contributed by atoms with E-state index in [1.165, 1.54) is 103 Å². The number of esters is 2. The molecule has 0 saturated carbocycles. The summed E-state index contributed by atoms with van der Waals surface area (Å²) in [4.78, 5) is 42.7. The van der Waals surface area contributed by atoms with E-state index < -0.39 is 32.5 Å². The number of hydrogen-bond acceptors (Lipinski definition) is 6. The molecule has 0 bridgehead atoms. The molecule has 0 heterocycles. The molecule has 9 heteroatoms. The maximum atomic E-state index is 12.4. The second kappa shape index (κ2) is 37.0. The molecule has 1 atom stereocenters. The zero-order valence-electron chi connectivity index (χ0n) is 32.0. The minimum absolute atomic E-state index is 0.147. The molecule has 0 aromatic carbocycles. The highest BCUT2D eigenvalue weighted by Crippen LogP contribution is 2.36. The first-order valence-corrected chi connectivity index (χ1v) is 21.8. The Labute approximate surface area is 306 Å². The van der Waals surface area contributed by atoms with E-state index in [4.69, 9.17) is 19.3 Å². The molecular formula is C41H75O8P. The molecule has 8 nitrogen and oxygen atoms in total. The van der Waals surface area contributed by atoms with Crippen molar-refractivity contribution in [2.45, 2.75) is 200 Å². The summed E-state index contributed by atoms with van der Waals surface area (Å²) in [5.41, 5.74) is 0. The Morgan fingerprint density at radius 2 is 0.920 bits per heavy atom. The molecule has 0 radical (unpaired) electrons. The normalized spacial score (nSPS) is 12.8. The number of carbonyl (C=O) groups excluding carboxylic acids is 2. The molecule has 0 fully saturated rings. The van der Waals surface area contributed by atoms with Crippen LogP contribution in [0.25, 0.3) is 0 Å². The van der Waals surface area contributed by atoms with E-state index in [0.29, 0.717) is 12.8 Å². The second-order valence-corrected chi connectivity index (χ2v) is 14.8. The van der Waals surface area contributed by atoms with Crippen LogP contribution in [0.2, 0.25) is 0 Å². The van der Waals surface area contributed by atoms with Crippen LogP contribution in [0.5, 0.6) is 0 Å². The number of rotatable bonds is 37. The van der Waals surface area contributed by atoms with Crippen LogP contribution in [-0.2, 0) is 28.2 Å². The molecule has 0 aromatic heterocycles. The van der Waals surface area contributed by atoms with Gasteiger partial charge in [-0.05, 0) is 64.2 Å². The first kappa shape index (κ1) is 48.3. The number of phosphoric acid groups is 1. The highest BCUT2D eigenvalue weighted by molar-refractivity contribution is 7.46. The van der Waals surface area contributed by atoms with Crippen LogP contribution < -0.4 is 0 Å². The maximum Gasteiger partial charge on any atom is 0.469 e. The third-order valence-corrected chi connectivity index (χ3v) is 9.12. The Bertz CT molecular complexity index is 910. The summed E-state index contributed by atoms with van der Waals surface area (Å²) < 4.78 is 26.3. The van der Waals surface area contributed by atoms with E-state index in [0.717, 1.165) is 51.4 Å². The largest absolute Gasteiger partial charge is 0.469 e. The van der Waals surface area contributed by atoms with Gasteiger partial charge in [0.05, 0.1) is 6.61 Å². The molecule has 0 saturated heterocycles. The molecule has 0 unspecified atom stereocenters. The van der Waals surface area contributed by atoms with Crippen molar-refractivity contribution in [2.24, 2.45) is 0 Å². The monoisotopic (exact) mass is 727 g/mol. The van der Waals surface area contributed by atoms with Crippen LogP contribution in [-0.4, -0.2) is 41.0 Å². The average molecular weight is 727 g/mol. The molecule has 0 aliphatic rings. The number of ether oxygens (including phenoxy) is 2. The summed E-state index contributed by atoms with van der Waals surface area (Å²) in [6.07, 6.45) is 43.0. The highest BCUT2D eigenvalue weighted by Gasteiger charge is 2.22. The number of hydrogen-bond donors (Lipinski definition) is 2. The predicted octanol–water partition coefficient (Wildman–Crippen LogP) is 12.2. The predicted molar refractivity (Wildman–Crippen MR) is 207 cm³/mol. The third-order valence-electron chi connectivity index (χ3n) is 8.63. The average Bonchev–Trinajstić information content (AvgIpc) is 3.08. The van der Waals surface area contributed by atoms with Crippen molar-refractivity contribution in [1.29, 1.82) is 0 Å². The smallest absolute Gasteiger partial charge is 0.462 e. The van der Waals surface area contributed by atoms with Gasteiger partial charge in [-0.25, -0.2) is 4.57 Å². The van der Waals surface area contributed by atoms with Crippen molar-refractivity contribution in [3.8, 4) is 0 Å². The standard InChI is InChI=1S/C41H75O8P/c1-3-5-7-9-11-13-15-17-19-20-22-24-26-28-30-32-34-36-41(43)49-39(38-48-50(44,45)46)37-47-40(42)35-33-31-29-27-25-23-21-18-16-14-12-10-8-6-4-2/h18,21-22,24,28,30,39H,3-17,19-20,23,25-27,29,31-38H2,1-2H3,(H2,44,45,46)/b21-18+,24-22+,30-28+/t39-/m1/s1. The van der Waals surface area contributed by atoms with Crippen molar-refractivity contribution >= 4 is 19.8 Å². The molecule has 0 aliphatic carbocycles. The molecular weight excluding hydrogens is 651 g/mol. The van der Waals surface area contributed by atoms with E-state index in [-0.39, 0.29) is 19.4 Å². The van der Waals surface area contributed by atoms with E-state index >= 15 is 0 Å². The van der Waals surface area contributed by atoms with Crippen LogP contribution in [0.1, 0.15) is 194 Å². The molecule has 0 spiro atoms. The fourth-order valence-corrected chi connectivity index (χ4v) is 5.94. The van der Waals surface area contributed by atoms with Crippen molar-refractivity contribution in [2.75, 3.05) is 13.2 Å². The molecule has 0 rings (SSSR count). The zero-order valence-corrected chi connectivity index (χ0v) is 32.9. The van der Waals surface area contributed by atoms with Gasteiger partial charge in [-0.1, -0.05) is 153 Å². The lowest BCUT2D eigenvalue weighted by atomic mass is 10.1. The lowest BCUT2D eigenvalue weighted by Crippen LogP contribution is -2.29. The van der Waals surface area contributed by atoms with Crippen molar-refractivity contribution in [3.63, 3.8) is 0 Å². The first-order valence-electron chi connectivity index (χ1n) is 20.3. The highest BCUT2D eigenvalue weighted by atomic mass is 31.2. The fraction of sp³-hybridized carbons (Fsp3) is 0.805. The Kier molecular flexibility index (Phi) is 35.8. The lowest BCUT2D eigenvalue weighted by Gasteiger charge is -2.18. The number of phosphoric ester groups is 1. The summed E-state index contributed by atoms with van der Waals surface area (Å²) in [6, 6.07) is 0. The van der Waals surface area contributed by atoms with Crippen LogP contribution in [0, 0.1) is 0 Å². The van der Waals surface area contributed by atoms with Gasteiger partial charge in [-0.3, -0.25) is 14.1 Å². The van der Waals surface area contributed by atoms with Gasteiger partial charge in [0.25, 0.3) is 0 Å². The Balaban J connectivity index is 4.01. The summed E-state index contributed by atoms with van der Waals surface area (Å²) in [7, 11) is -4.76. The zero-order chi connectivity index (χ0) is 36.8. The third kappa shape index (κ3) is 39.1. The van der Waals surface area contributed by atoms with Crippen LogP contribution in [0.3, 0.4) is 0 Å². The van der Waals surface area contributed by atoms with Crippen molar-refractivity contribution < 1.29 is 37.9 Å². The minimum Gasteiger partial charge on any atom is -0.462 e. The number of carbonyl (C=O) groups is 2. The van der Waals surface area contributed by atoms with Gasteiger partial charge in [-0.2, -0.15) is 0 Å². The first-order chi connectivity index (χ1) is 24.3. The second-order valence-electron chi connectivity index (χ2n) is 13.6. The van der Waals surface area contributed by atoms with E-state index in [2.05, 4.69) is 48.8 Å². The van der Waals surface area contributed by atoms with Crippen LogP contribution in [0.15, 0.2) is 36.5 Å². The quantitative estimate of drug-likeness (QED) is 0.0281. The van der Waals surface area contributed by atoms with Gasteiger partial charge in [0.1, 0.15) is 6.61 Å². The Hall–Kier alpha value is -1.73. The lowest BCUT2D eigenvalue weighted by molar-refractivity contribution is -0.161. The topological polar surface area (TPSA) is 119 Å². The summed E-state index contributed by atoms with van der Waals surface area (Å²) in [5.74, 6) is -0.945. The van der Waals surface area contributed by atoms with E-state index in [1.54, 1.807) is 0 Å². The van der Waals surface area contributed by atoms with Crippen molar-refractivity contribution in [3.05, 3.63) is 36.5 Å². The van der Waals surface area contributed by atoms with Gasteiger partial charge in [-0.15, -0.1) is 0 Å². The van der Waals surface area contributed by atoms with Gasteiger partial charge in [0.15, 0.2) is 6.10 Å². The molecule has 50 heavy (non-hydrogen) atoms. The maximum absolute atomic E-state index is 12.4. The van der Waals surface area contributed by atoms with Crippen LogP contribution >= 0.6 is 7.82 Å². The van der Waals surface area contributed by atoms with Gasteiger partial charge in [0.2, 0.25) is 0 Å². The summed E-state index contributed by atoms with van der Waals surface area (Å²) in [6.45, 7) is 3.64.